The average molecular weight is 393 g/mol. The lowest BCUT2D eigenvalue weighted by Crippen LogP contribution is -2.46. The van der Waals surface area contributed by atoms with Crippen molar-refractivity contribution in [2.75, 3.05) is 15.2 Å². The van der Waals surface area contributed by atoms with Crippen LogP contribution in [0.2, 0.25) is 0 Å². The molecule has 0 spiro atoms. The van der Waals surface area contributed by atoms with Crippen molar-refractivity contribution < 1.29 is 13.2 Å². The molecule has 0 radical (unpaired) electrons. The molecule has 0 fully saturated rings. The first kappa shape index (κ1) is 17.8. The standard InChI is InChI=1S/C14H15N7O3S2/c22-10-15-16-11-6-8-12(9-7-11)18-26(23,24)21-17-14(25)20(19-21)13-4-2-1-3-5-13/h1-10,16,18-19H,(H,15,22)(H,17,25). The van der Waals surface area contributed by atoms with Crippen molar-refractivity contribution in [1.29, 1.82) is 0 Å². The van der Waals surface area contributed by atoms with E-state index in [9.17, 15) is 13.2 Å². The Bertz CT molecular complexity index is 904. The Kier molecular flexibility index (Phi) is 5.16. The highest BCUT2D eigenvalue weighted by Gasteiger charge is 2.30. The largest absolute Gasteiger partial charge is 0.354 e. The number of para-hydroxylation sites is 1. The van der Waals surface area contributed by atoms with E-state index in [2.05, 4.69) is 38.8 Å². The van der Waals surface area contributed by atoms with Gasteiger partial charge >= 0.3 is 10.2 Å². The summed E-state index contributed by atoms with van der Waals surface area (Å²) in [4.78, 5) is 10.2. The van der Waals surface area contributed by atoms with E-state index >= 15 is 0 Å². The Hall–Kier alpha value is -2.96. The molecule has 0 aliphatic carbocycles. The third-order valence-corrected chi connectivity index (χ3v) is 4.62. The van der Waals surface area contributed by atoms with Crippen LogP contribution >= 0.6 is 12.6 Å². The molecule has 2 aromatic rings. The van der Waals surface area contributed by atoms with Gasteiger partial charge in [0.25, 0.3) is 0 Å². The van der Waals surface area contributed by atoms with Crippen LogP contribution in [0.15, 0.2) is 59.7 Å². The molecule has 0 bridgehead atoms. The van der Waals surface area contributed by atoms with Gasteiger partial charge in [-0.05, 0) is 36.4 Å². The molecule has 136 valence electrons. The number of hydrogen-bond acceptors (Lipinski definition) is 7. The lowest BCUT2D eigenvalue weighted by molar-refractivity contribution is -0.109. The minimum absolute atomic E-state index is 0.168. The van der Waals surface area contributed by atoms with Gasteiger partial charge in [-0.3, -0.25) is 20.4 Å². The van der Waals surface area contributed by atoms with Crippen LogP contribution in [0.5, 0.6) is 0 Å². The molecule has 4 N–H and O–H groups in total. The number of nitrogens with zero attached hydrogens (tertiary/aromatic N) is 3. The molecule has 3 rings (SSSR count). The summed E-state index contributed by atoms with van der Waals surface area (Å²) < 4.78 is 28.1. The number of hydrogen-bond donors (Lipinski definition) is 5. The van der Waals surface area contributed by atoms with E-state index in [-0.39, 0.29) is 5.17 Å². The van der Waals surface area contributed by atoms with Crippen LogP contribution in [0.25, 0.3) is 0 Å². The molecule has 0 saturated carbocycles. The second-order valence-corrected chi connectivity index (χ2v) is 6.89. The number of nitrogens with one attached hydrogen (secondary N) is 4. The Morgan fingerprint density at radius 2 is 1.69 bits per heavy atom. The van der Waals surface area contributed by atoms with Crippen molar-refractivity contribution >= 4 is 51.5 Å². The summed E-state index contributed by atoms with van der Waals surface area (Å²) in [5.74, 6) is 0. The van der Waals surface area contributed by atoms with Crippen molar-refractivity contribution in [3.63, 3.8) is 0 Å². The monoisotopic (exact) mass is 393 g/mol. The molecule has 26 heavy (non-hydrogen) atoms. The number of amidine groups is 1. The van der Waals surface area contributed by atoms with E-state index < -0.39 is 10.2 Å². The zero-order chi connectivity index (χ0) is 18.6. The molecule has 0 aromatic heterocycles. The summed E-state index contributed by atoms with van der Waals surface area (Å²) in [6, 6.07) is 15.3. The molecular weight excluding hydrogens is 378 g/mol. The summed E-state index contributed by atoms with van der Waals surface area (Å²) in [5.41, 5.74) is 9.11. The van der Waals surface area contributed by atoms with E-state index in [0.717, 1.165) is 0 Å². The van der Waals surface area contributed by atoms with E-state index in [0.29, 0.717) is 28.0 Å². The maximum Gasteiger partial charge on any atom is 0.354 e. The lowest BCUT2D eigenvalue weighted by atomic mass is 10.3. The topological polar surface area (TPSA) is 118 Å². The molecule has 1 aliphatic heterocycles. The van der Waals surface area contributed by atoms with E-state index in [1.54, 1.807) is 24.3 Å². The molecule has 1 heterocycles. The van der Waals surface area contributed by atoms with Crippen LogP contribution in [0, 0.1) is 0 Å². The predicted molar refractivity (Wildman–Crippen MR) is 102 cm³/mol. The van der Waals surface area contributed by atoms with E-state index in [1.807, 2.05) is 18.2 Å². The molecule has 1 amide bonds. The minimum atomic E-state index is -4.01. The van der Waals surface area contributed by atoms with Crippen molar-refractivity contribution in [1.82, 2.24) is 15.5 Å². The first-order valence-electron chi connectivity index (χ1n) is 7.27. The zero-order valence-corrected chi connectivity index (χ0v) is 14.9. The average Bonchev–Trinajstić information content (AvgIpc) is 3.04. The van der Waals surface area contributed by atoms with Gasteiger partial charge in [0, 0.05) is 0 Å². The smallest absolute Gasteiger partial charge is 0.299 e. The van der Waals surface area contributed by atoms with Crippen molar-refractivity contribution in [3.8, 4) is 0 Å². The van der Waals surface area contributed by atoms with Crippen LogP contribution in [-0.2, 0) is 15.0 Å². The van der Waals surface area contributed by atoms with E-state index in [1.165, 1.54) is 17.1 Å². The number of carbonyl (C=O) groups excluding carboxylic acids is 1. The molecule has 12 heteroatoms. The Balaban J connectivity index is 1.70. The van der Waals surface area contributed by atoms with Gasteiger partial charge in [0.15, 0.2) is 0 Å². The van der Waals surface area contributed by atoms with E-state index in [4.69, 9.17) is 0 Å². The fraction of sp³-hybridized carbons (Fsp3) is 0. The second kappa shape index (κ2) is 7.51. The second-order valence-electron chi connectivity index (χ2n) is 4.99. The normalized spacial score (nSPS) is 14.0. The Labute approximate surface area is 155 Å². The van der Waals surface area contributed by atoms with Crippen LogP contribution in [-0.4, -0.2) is 24.5 Å². The summed E-state index contributed by atoms with van der Waals surface area (Å²) >= 11 is 4.20. The summed E-state index contributed by atoms with van der Waals surface area (Å²) in [7, 11) is -4.01. The van der Waals surface area contributed by atoms with Crippen LogP contribution in [0.3, 0.4) is 0 Å². The highest BCUT2D eigenvalue weighted by Crippen LogP contribution is 2.21. The Morgan fingerprint density at radius 3 is 2.35 bits per heavy atom. The number of rotatable bonds is 7. The SMILES string of the molecule is O=CNNc1ccc(NS(=O)(=O)N2N=C(S)N(c3ccccc3)N2)cc1. The minimum Gasteiger partial charge on any atom is -0.299 e. The number of hydrazine groups is 3. The first-order valence-corrected chi connectivity index (χ1v) is 9.16. The summed E-state index contributed by atoms with van der Waals surface area (Å²) in [6.07, 6.45) is 0.487. The molecular formula is C14H15N7O3S2. The third kappa shape index (κ3) is 3.99. The Morgan fingerprint density at radius 1 is 1.04 bits per heavy atom. The maximum atomic E-state index is 12.5. The van der Waals surface area contributed by atoms with Crippen LogP contribution in [0.4, 0.5) is 17.1 Å². The number of carbonyl (C=O) groups is 1. The van der Waals surface area contributed by atoms with Gasteiger partial charge in [-0.15, -0.1) is 23.3 Å². The number of thiol groups is 1. The molecule has 0 saturated heterocycles. The number of benzene rings is 2. The van der Waals surface area contributed by atoms with Crippen molar-refractivity contribution in [2.45, 2.75) is 0 Å². The van der Waals surface area contributed by atoms with Gasteiger partial charge in [-0.25, -0.2) is 5.01 Å². The van der Waals surface area contributed by atoms with Gasteiger partial charge in [0.2, 0.25) is 11.6 Å². The predicted octanol–water partition coefficient (Wildman–Crippen LogP) is 0.859. The van der Waals surface area contributed by atoms with Gasteiger partial charge < -0.3 is 0 Å². The molecule has 2 aromatic carbocycles. The maximum absolute atomic E-state index is 12.5. The van der Waals surface area contributed by atoms with Crippen molar-refractivity contribution in [3.05, 3.63) is 54.6 Å². The quantitative estimate of drug-likeness (QED) is 0.271. The van der Waals surface area contributed by atoms with Gasteiger partial charge in [0.1, 0.15) is 0 Å². The number of anilines is 3. The van der Waals surface area contributed by atoms with Gasteiger partial charge in [0.05, 0.1) is 17.1 Å². The summed E-state index contributed by atoms with van der Waals surface area (Å²) in [5, 5.41) is 5.47. The van der Waals surface area contributed by atoms with Crippen molar-refractivity contribution in [2.24, 2.45) is 5.10 Å². The fourth-order valence-electron chi connectivity index (χ4n) is 2.06. The van der Waals surface area contributed by atoms with Gasteiger partial charge in [-0.2, -0.15) is 8.42 Å². The van der Waals surface area contributed by atoms with Gasteiger partial charge in [-0.1, -0.05) is 22.7 Å². The number of hydrazone groups is 1. The molecule has 10 nitrogen and oxygen atoms in total. The van der Waals surface area contributed by atoms with Crippen LogP contribution < -0.4 is 26.1 Å². The first-order chi connectivity index (χ1) is 12.5. The highest BCUT2D eigenvalue weighted by atomic mass is 32.2. The number of amides is 1. The zero-order valence-electron chi connectivity index (χ0n) is 13.2. The molecule has 0 atom stereocenters. The fourth-order valence-corrected chi connectivity index (χ4v) is 3.27. The summed E-state index contributed by atoms with van der Waals surface area (Å²) in [6.45, 7) is 0. The highest BCUT2D eigenvalue weighted by molar-refractivity contribution is 7.97. The molecule has 0 unspecified atom stereocenters. The lowest BCUT2D eigenvalue weighted by Gasteiger charge is -2.21. The third-order valence-electron chi connectivity index (χ3n) is 3.22. The molecule has 1 aliphatic rings. The van der Waals surface area contributed by atoms with Crippen LogP contribution in [0.1, 0.15) is 0 Å².